The van der Waals surface area contributed by atoms with Crippen LogP contribution in [0.1, 0.15) is 11.5 Å². The number of carbonyl (C=O) groups is 1. The van der Waals surface area contributed by atoms with Gasteiger partial charge in [-0.2, -0.15) is 0 Å². The summed E-state index contributed by atoms with van der Waals surface area (Å²) < 4.78 is 0. The summed E-state index contributed by atoms with van der Waals surface area (Å²) in [7, 11) is 0. The Morgan fingerprint density at radius 1 is 1.32 bits per heavy atom. The van der Waals surface area contributed by atoms with E-state index >= 15 is 0 Å². The highest BCUT2D eigenvalue weighted by Crippen LogP contribution is 2.30. The third-order valence-electron chi connectivity index (χ3n) is 3.11. The molecule has 1 aromatic carbocycles. The Morgan fingerprint density at radius 2 is 2.11 bits per heavy atom. The van der Waals surface area contributed by atoms with Gasteiger partial charge in [0.05, 0.1) is 11.9 Å². The van der Waals surface area contributed by atoms with Crippen molar-refractivity contribution in [3.8, 4) is 11.3 Å². The number of nitrogens with one attached hydrogen (secondary N) is 2. The molecule has 2 aromatic heterocycles. The van der Waals surface area contributed by atoms with Crippen LogP contribution in [0.5, 0.6) is 0 Å². The van der Waals surface area contributed by atoms with Crippen LogP contribution in [-0.4, -0.2) is 26.0 Å². The Balaban J connectivity index is 2.11. The zero-order chi connectivity index (χ0) is 13.4. The van der Waals surface area contributed by atoms with Gasteiger partial charge in [-0.05, 0) is 13.0 Å². The monoisotopic (exact) mass is 255 g/mol. The second-order valence-corrected chi connectivity index (χ2v) is 4.48. The lowest BCUT2D eigenvalue weighted by atomic mass is 10.1. The molecule has 5 heteroatoms. The molecular formula is C14H13N3O2. The Hall–Kier alpha value is -2.56. The molecule has 0 aliphatic rings. The highest BCUT2D eigenvalue weighted by Gasteiger charge is 2.13. The fraction of sp³-hybridized carbons (Fsp3) is 0.143. The van der Waals surface area contributed by atoms with Gasteiger partial charge in [0.25, 0.3) is 0 Å². The van der Waals surface area contributed by atoms with Crippen molar-refractivity contribution < 1.29 is 9.90 Å². The number of aromatic amines is 2. The molecule has 3 N–H and O–H groups in total. The summed E-state index contributed by atoms with van der Waals surface area (Å²) >= 11 is 0. The maximum absolute atomic E-state index is 10.7. The molecule has 0 radical (unpaired) electrons. The number of para-hydroxylation sites is 1. The SMILES string of the molecule is Cc1[nH]c2ccccc2c1-c1cnc(CC(=O)O)[nH]1. The molecule has 0 bridgehead atoms. The van der Waals surface area contributed by atoms with E-state index in [2.05, 4.69) is 15.0 Å². The van der Waals surface area contributed by atoms with Gasteiger partial charge in [-0.1, -0.05) is 18.2 Å². The number of carboxylic acid groups (broad SMARTS) is 1. The van der Waals surface area contributed by atoms with Gasteiger partial charge in [0.1, 0.15) is 12.2 Å². The standard InChI is InChI=1S/C14H13N3O2/c1-8-14(9-4-2-3-5-10(9)16-8)11-7-15-12(17-11)6-13(18)19/h2-5,7,16H,6H2,1H3,(H,15,17)(H,18,19). The molecule has 2 heterocycles. The van der Waals surface area contributed by atoms with Gasteiger partial charge in [0, 0.05) is 22.2 Å². The maximum atomic E-state index is 10.7. The number of rotatable bonds is 3. The molecule has 0 atom stereocenters. The van der Waals surface area contributed by atoms with Crippen LogP contribution in [0, 0.1) is 6.92 Å². The van der Waals surface area contributed by atoms with Crippen molar-refractivity contribution in [3.63, 3.8) is 0 Å². The number of hydrogen-bond donors (Lipinski definition) is 3. The molecule has 0 aliphatic carbocycles. The molecule has 0 aliphatic heterocycles. The minimum absolute atomic E-state index is 0.0958. The Bertz CT molecular complexity index is 755. The van der Waals surface area contributed by atoms with Crippen LogP contribution in [0.15, 0.2) is 30.5 Å². The van der Waals surface area contributed by atoms with Gasteiger partial charge in [0.15, 0.2) is 0 Å². The van der Waals surface area contributed by atoms with Gasteiger partial charge in [-0.15, -0.1) is 0 Å². The van der Waals surface area contributed by atoms with Crippen LogP contribution < -0.4 is 0 Å². The number of hydrogen-bond acceptors (Lipinski definition) is 2. The van der Waals surface area contributed by atoms with Gasteiger partial charge in [0.2, 0.25) is 0 Å². The van der Waals surface area contributed by atoms with Crippen molar-refractivity contribution in [1.82, 2.24) is 15.0 Å². The minimum atomic E-state index is -0.892. The lowest BCUT2D eigenvalue weighted by Crippen LogP contribution is -2.01. The first-order valence-electron chi connectivity index (χ1n) is 5.98. The highest BCUT2D eigenvalue weighted by molar-refractivity contribution is 5.96. The van der Waals surface area contributed by atoms with Crippen molar-refractivity contribution in [2.24, 2.45) is 0 Å². The number of fused-ring (bicyclic) bond motifs is 1. The van der Waals surface area contributed by atoms with Crippen LogP contribution in [-0.2, 0) is 11.2 Å². The van der Waals surface area contributed by atoms with E-state index in [1.165, 1.54) is 0 Å². The number of aromatic nitrogens is 3. The molecule has 0 unspecified atom stereocenters. The molecule has 0 saturated carbocycles. The lowest BCUT2D eigenvalue weighted by Gasteiger charge is -1.97. The number of benzene rings is 1. The lowest BCUT2D eigenvalue weighted by molar-refractivity contribution is -0.136. The number of imidazole rings is 1. The third-order valence-corrected chi connectivity index (χ3v) is 3.11. The number of aliphatic carboxylic acids is 1. The smallest absolute Gasteiger partial charge is 0.311 e. The average Bonchev–Trinajstić information content (AvgIpc) is 2.91. The fourth-order valence-electron chi connectivity index (χ4n) is 2.35. The van der Waals surface area contributed by atoms with Gasteiger partial charge < -0.3 is 15.1 Å². The van der Waals surface area contributed by atoms with Crippen molar-refractivity contribution >= 4 is 16.9 Å². The number of carboxylic acids is 1. The summed E-state index contributed by atoms with van der Waals surface area (Å²) in [5.41, 5.74) is 3.97. The fourth-order valence-corrected chi connectivity index (χ4v) is 2.35. The normalized spacial score (nSPS) is 11.0. The van der Waals surface area contributed by atoms with E-state index in [0.717, 1.165) is 27.9 Å². The minimum Gasteiger partial charge on any atom is -0.481 e. The third kappa shape index (κ3) is 1.99. The summed E-state index contributed by atoms with van der Waals surface area (Å²) in [6.45, 7) is 1.99. The second-order valence-electron chi connectivity index (χ2n) is 4.48. The van der Waals surface area contributed by atoms with E-state index in [0.29, 0.717) is 5.82 Å². The summed E-state index contributed by atoms with van der Waals surface area (Å²) in [4.78, 5) is 21.2. The number of aryl methyl sites for hydroxylation is 1. The topological polar surface area (TPSA) is 81.8 Å². The zero-order valence-corrected chi connectivity index (χ0v) is 10.4. The Morgan fingerprint density at radius 3 is 2.89 bits per heavy atom. The molecule has 5 nitrogen and oxygen atoms in total. The summed E-state index contributed by atoms with van der Waals surface area (Å²) in [6.07, 6.45) is 1.59. The van der Waals surface area contributed by atoms with Crippen molar-refractivity contribution in [2.75, 3.05) is 0 Å². The van der Waals surface area contributed by atoms with E-state index in [1.807, 2.05) is 31.2 Å². The average molecular weight is 255 g/mol. The zero-order valence-electron chi connectivity index (χ0n) is 10.4. The van der Waals surface area contributed by atoms with Crippen molar-refractivity contribution in [2.45, 2.75) is 13.3 Å². The molecule has 0 amide bonds. The summed E-state index contributed by atoms with van der Waals surface area (Å²) in [6, 6.07) is 8.00. The van der Waals surface area contributed by atoms with Crippen LogP contribution in [0.2, 0.25) is 0 Å². The first kappa shape index (κ1) is 11.5. The molecule has 3 aromatic rings. The van der Waals surface area contributed by atoms with Crippen LogP contribution >= 0.6 is 0 Å². The predicted octanol–water partition coefficient (Wildman–Crippen LogP) is 2.49. The van der Waals surface area contributed by atoms with E-state index in [1.54, 1.807) is 6.20 Å². The quantitative estimate of drug-likeness (QED) is 0.672. The van der Waals surface area contributed by atoms with Gasteiger partial charge in [-0.25, -0.2) is 4.98 Å². The van der Waals surface area contributed by atoms with Gasteiger partial charge >= 0.3 is 5.97 Å². The second kappa shape index (κ2) is 4.28. The van der Waals surface area contributed by atoms with E-state index in [9.17, 15) is 4.79 Å². The molecule has 19 heavy (non-hydrogen) atoms. The Kier molecular flexibility index (Phi) is 2.59. The first-order valence-corrected chi connectivity index (χ1v) is 5.98. The first-order chi connectivity index (χ1) is 9.15. The Labute approximate surface area is 109 Å². The van der Waals surface area contributed by atoms with E-state index in [-0.39, 0.29) is 6.42 Å². The molecule has 0 spiro atoms. The van der Waals surface area contributed by atoms with Crippen LogP contribution in [0.25, 0.3) is 22.2 Å². The molecule has 0 saturated heterocycles. The largest absolute Gasteiger partial charge is 0.481 e. The highest BCUT2D eigenvalue weighted by atomic mass is 16.4. The molecule has 0 fully saturated rings. The predicted molar refractivity (Wildman–Crippen MR) is 72.0 cm³/mol. The van der Waals surface area contributed by atoms with Crippen LogP contribution in [0.3, 0.4) is 0 Å². The number of H-pyrrole nitrogens is 2. The van der Waals surface area contributed by atoms with E-state index in [4.69, 9.17) is 5.11 Å². The number of nitrogens with zero attached hydrogens (tertiary/aromatic N) is 1. The van der Waals surface area contributed by atoms with Crippen LogP contribution in [0.4, 0.5) is 0 Å². The molecule has 3 rings (SSSR count). The van der Waals surface area contributed by atoms with Crippen molar-refractivity contribution in [3.05, 3.63) is 42.0 Å². The summed E-state index contributed by atoms with van der Waals surface area (Å²) in [5.74, 6) is -0.427. The van der Waals surface area contributed by atoms with Crippen molar-refractivity contribution in [1.29, 1.82) is 0 Å². The maximum Gasteiger partial charge on any atom is 0.311 e. The van der Waals surface area contributed by atoms with Gasteiger partial charge in [-0.3, -0.25) is 4.79 Å². The molecular weight excluding hydrogens is 242 g/mol. The summed E-state index contributed by atoms with van der Waals surface area (Å²) in [5, 5.41) is 9.87. The van der Waals surface area contributed by atoms with E-state index < -0.39 is 5.97 Å². The molecule has 96 valence electrons.